The Labute approximate surface area is 132 Å². The second kappa shape index (κ2) is 8.03. The Balaban J connectivity index is 3.05. The first-order chi connectivity index (χ1) is 8.95. The zero-order valence-corrected chi connectivity index (χ0v) is 14.7. The molecular weight excluding hydrogens is 348 g/mol. The molecule has 1 rings (SSSR count). The average molecular weight is 362 g/mol. The largest absolute Gasteiger partial charge is 0.404 e. The zero-order chi connectivity index (χ0) is 14.5. The van der Waals surface area contributed by atoms with Crippen LogP contribution in [0.25, 0.3) is 0 Å². The molecule has 1 aromatic rings. The molecule has 9 heteroatoms. The molecule has 0 amide bonds. The van der Waals surface area contributed by atoms with Crippen molar-refractivity contribution in [1.82, 2.24) is 4.98 Å². The summed E-state index contributed by atoms with van der Waals surface area (Å²) >= 11 is 18.7. The van der Waals surface area contributed by atoms with Crippen LogP contribution in [0.4, 0.5) is 0 Å². The predicted octanol–water partition coefficient (Wildman–Crippen LogP) is 4.79. The molecule has 0 aliphatic rings. The third kappa shape index (κ3) is 5.05. The van der Waals surface area contributed by atoms with Crippen LogP contribution in [0.5, 0.6) is 5.88 Å². The van der Waals surface area contributed by atoms with Gasteiger partial charge in [0.15, 0.2) is 0 Å². The number of aromatic nitrogens is 1. The van der Waals surface area contributed by atoms with E-state index in [4.69, 9.17) is 48.6 Å². The molecule has 0 aliphatic heterocycles. The highest BCUT2D eigenvalue weighted by molar-refractivity contribution is 8.07. The van der Waals surface area contributed by atoms with Crippen LogP contribution >= 0.6 is 41.7 Å². The second-order valence-corrected chi connectivity index (χ2v) is 7.68. The van der Waals surface area contributed by atoms with Gasteiger partial charge < -0.3 is 4.52 Å². The number of rotatable bonds is 7. The maximum absolute atomic E-state index is 6.04. The van der Waals surface area contributed by atoms with Gasteiger partial charge in [-0.1, -0.05) is 23.2 Å². The highest BCUT2D eigenvalue weighted by Gasteiger charge is 2.24. The van der Waals surface area contributed by atoms with Crippen LogP contribution in [0.1, 0.15) is 13.8 Å². The van der Waals surface area contributed by atoms with Gasteiger partial charge in [0.25, 0.3) is 0 Å². The summed E-state index contributed by atoms with van der Waals surface area (Å²) in [5.41, 5.74) is 0. The van der Waals surface area contributed by atoms with E-state index in [1.54, 1.807) is 6.07 Å². The van der Waals surface area contributed by atoms with Crippen LogP contribution in [-0.2, 0) is 20.9 Å². The van der Waals surface area contributed by atoms with Crippen LogP contribution in [0, 0.1) is 0 Å². The molecule has 0 spiro atoms. The second-order valence-electron chi connectivity index (χ2n) is 3.14. The van der Waals surface area contributed by atoms with Crippen molar-refractivity contribution in [2.75, 3.05) is 19.5 Å². The number of pyridine rings is 1. The molecule has 0 aliphatic carbocycles. The molecular formula is C10H14Cl2NO3PS2. The lowest BCUT2D eigenvalue weighted by molar-refractivity contribution is 0.215. The fourth-order valence-electron chi connectivity index (χ4n) is 1.15. The Kier molecular flexibility index (Phi) is 7.40. The highest BCUT2D eigenvalue weighted by atomic mass is 35.5. The van der Waals surface area contributed by atoms with Crippen molar-refractivity contribution in [3.8, 4) is 5.88 Å². The number of thioether (sulfide) groups is 1. The van der Waals surface area contributed by atoms with Gasteiger partial charge >= 0.3 is 6.72 Å². The van der Waals surface area contributed by atoms with Gasteiger partial charge in [-0.05, 0) is 26.2 Å². The number of hydrogen-bond acceptors (Lipinski definition) is 6. The van der Waals surface area contributed by atoms with E-state index >= 15 is 0 Å². The van der Waals surface area contributed by atoms with Crippen molar-refractivity contribution in [3.63, 3.8) is 0 Å². The van der Waals surface area contributed by atoms with Gasteiger partial charge in [-0.15, -0.1) is 11.8 Å². The maximum atomic E-state index is 6.04. The Hall–Kier alpha value is 0.450. The van der Waals surface area contributed by atoms with Gasteiger partial charge in [0.1, 0.15) is 10.0 Å². The zero-order valence-electron chi connectivity index (χ0n) is 10.7. The van der Waals surface area contributed by atoms with E-state index in [0.717, 1.165) is 0 Å². The van der Waals surface area contributed by atoms with Crippen LogP contribution in [0.15, 0.2) is 11.1 Å². The number of nitrogens with zero attached hydrogens (tertiary/aromatic N) is 1. The monoisotopic (exact) mass is 361 g/mol. The molecule has 0 aromatic carbocycles. The van der Waals surface area contributed by atoms with Crippen molar-refractivity contribution in [1.29, 1.82) is 0 Å². The first-order valence-electron chi connectivity index (χ1n) is 5.44. The molecule has 0 bridgehead atoms. The van der Waals surface area contributed by atoms with E-state index in [1.165, 1.54) is 11.8 Å². The van der Waals surface area contributed by atoms with Crippen LogP contribution in [0.3, 0.4) is 0 Å². The molecule has 108 valence electrons. The lowest BCUT2D eigenvalue weighted by Crippen LogP contribution is -2.04. The minimum absolute atomic E-state index is 0.181. The molecule has 1 heterocycles. The van der Waals surface area contributed by atoms with Crippen molar-refractivity contribution >= 4 is 53.5 Å². The minimum atomic E-state index is -2.88. The summed E-state index contributed by atoms with van der Waals surface area (Å²) in [6.07, 6.45) is 1.85. The third-order valence-electron chi connectivity index (χ3n) is 1.83. The van der Waals surface area contributed by atoms with E-state index in [0.29, 0.717) is 23.3 Å². The van der Waals surface area contributed by atoms with Crippen LogP contribution in [0.2, 0.25) is 10.0 Å². The molecule has 19 heavy (non-hydrogen) atoms. The fraction of sp³-hybridized carbons (Fsp3) is 0.500. The summed E-state index contributed by atoms with van der Waals surface area (Å²) in [5.74, 6) is 0.181. The number of hydrogen-bond donors (Lipinski definition) is 0. The van der Waals surface area contributed by atoms with E-state index < -0.39 is 6.72 Å². The summed E-state index contributed by atoms with van der Waals surface area (Å²) in [4.78, 5) is 4.22. The van der Waals surface area contributed by atoms with E-state index in [2.05, 4.69) is 4.98 Å². The van der Waals surface area contributed by atoms with E-state index in [-0.39, 0.29) is 10.9 Å². The van der Waals surface area contributed by atoms with Crippen molar-refractivity contribution in [2.45, 2.75) is 18.9 Å². The smallest absolute Gasteiger partial charge is 0.381 e. The summed E-state index contributed by atoms with van der Waals surface area (Å²) in [5, 5.41) is 1.35. The van der Waals surface area contributed by atoms with Gasteiger partial charge in [0, 0.05) is 11.8 Å². The first kappa shape index (κ1) is 17.5. The summed E-state index contributed by atoms with van der Waals surface area (Å²) in [6, 6.07) is 1.56. The Bertz CT molecular complexity index is 480. The normalized spacial score (nSPS) is 11.6. The predicted molar refractivity (Wildman–Crippen MR) is 84.2 cm³/mol. The van der Waals surface area contributed by atoms with Gasteiger partial charge in [0.2, 0.25) is 5.88 Å². The minimum Gasteiger partial charge on any atom is -0.404 e. The van der Waals surface area contributed by atoms with Crippen molar-refractivity contribution in [2.24, 2.45) is 0 Å². The molecule has 1 aromatic heterocycles. The van der Waals surface area contributed by atoms with Gasteiger partial charge in [-0.3, -0.25) is 9.05 Å². The summed E-state index contributed by atoms with van der Waals surface area (Å²) in [6.45, 7) is 1.52. The molecule has 0 saturated carbocycles. The van der Waals surface area contributed by atoms with E-state index in [1.807, 2.05) is 20.1 Å². The fourth-order valence-corrected chi connectivity index (χ4v) is 4.27. The third-order valence-corrected chi connectivity index (χ3v) is 5.60. The quantitative estimate of drug-likeness (QED) is 0.513. The lowest BCUT2D eigenvalue weighted by Gasteiger charge is -2.21. The number of halogens is 2. The SMILES string of the molecule is CCOP(=S)(OCC)Oc1nc(SC)c(Cl)cc1Cl. The molecule has 0 fully saturated rings. The Morgan fingerprint density at radius 2 is 1.84 bits per heavy atom. The molecule has 0 unspecified atom stereocenters. The van der Waals surface area contributed by atoms with Crippen LogP contribution < -0.4 is 4.52 Å². The maximum Gasteiger partial charge on any atom is 0.381 e. The molecule has 0 N–H and O–H groups in total. The first-order valence-corrected chi connectivity index (χ1v) is 9.98. The Morgan fingerprint density at radius 3 is 2.32 bits per heavy atom. The van der Waals surface area contributed by atoms with Crippen LogP contribution in [-0.4, -0.2) is 24.5 Å². The molecule has 0 saturated heterocycles. The van der Waals surface area contributed by atoms with Crippen molar-refractivity contribution < 1.29 is 13.6 Å². The van der Waals surface area contributed by atoms with Gasteiger partial charge in [-0.25, -0.2) is 4.98 Å². The van der Waals surface area contributed by atoms with E-state index in [9.17, 15) is 0 Å². The molecule has 0 radical (unpaired) electrons. The van der Waals surface area contributed by atoms with Gasteiger partial charge in [0.05, 0.1) is 18.2 Å². The van der Waals surface area contributed by atoms with Gasteiger partial charge in [-0.2, -0.15) is 0 Å². The topological polar surface area (TPSA) is 40.6 Å². The van der Waals surface area contributed by atoms with Crippen molar-refractivity contribution in [3.05, 3.63) is 16.1 Å². The molecule has 4 nitrogen and oxygen atoms in total. The Morgan fingerprint density at radius 1 is 1.26 bits per heavy atom. The standard InChI is InChI=1S/C10H14Cl2NO3PS2/c1-4-14-17(18,15-5-2)16-9-7(11)6-8(12)10(13-9)19-3/h6H,4-5H2,1-3H3. The average Bonchev–Trinajstić information content (AvgIpc) is 2.33. The molecule has 0 atom stereocenters. The summed E-state index contributed by atoms with van der Waals surface area (Å²) < 4.78 is 16.3. The lowest BCUT2D eigenvalue weighted by atomic mass is 10.5. The summed E-state index contributed by atoms with van der Waals surface area (Å²) in [7, 11) is 0. The highest BCUT2D eigenvalue weighted by Crippen LogP contribution is 2.51.